The summed E-state index contributed by atoms with van der Waals surface area (Å²) in [6.45, 7) is 12.0. The van der Waals surface area contributed by atoms with E-state index in [2.05, 4.69) is 4.74 Å². The maximum atomic E-state index is 10.5. The second kappa shape index (κ2) is 20.0. The topological polar surface area (TPSA) is 35.5 Å². The van der Waals surface area contributed by atoms with E-state index in [0.29, 0.717) is 5.75 Å². The summed E-state index contributed by atoms with van der Waals surface area (Å²) >= 11 is 0. The van der Waals surface area contributed by atoms with Crippen LogP contribution >= 0.6 is 0 Å². The SMILES string of the molecule is CC.CC.CC.COC(=O)Oc1ccccc1. The number of hydrogen-bond acceptors (Lipinski definition) is 3. The van der Waals surface area contributed by atoms with Crippen LogP contribution in [0.25, 0.3) is 0 Å². The van der Waals surface area contributed by atoms with Crippen LogP contribution in [-0.2, 0) is 4.74 Å². The number of benzene rings is 1. The molecule has 0 unspecified atom stereocenters. The molecule has 17 heavy (non-hydrogen) atoms. The lowest BCUT2D eigenvalue weighted by molar-refractivity contribution is 0.121. The molecule has 0 atom stereocenters. The average molecular weight is 242 g/mol. The Morgan fingerprint density at radius 2 is 1.29 bits per heavy atom. The zero-order chi connectivity index (χ0) is 14.1. The highest BCUT2D eigenvalue weighted by Crippen LogP contribution is 2.08. The molecule has 0 bridgehead atoms. The number of ether oxygens (including phenoxy) is 2. The van der Waals surface area contributed by atoms with Gasteiger partial charge in [-0.1, -0.05) is 59.7 Å². The first-order valence-electron chi connectivity index (χ1n) is 6.14. The van der Waals surface area contributed by atoms with Crippen LogP contribution < -0.4 is 4.74 Å². The summed E-state index contributed by atoms with van der Waals surface area (Å²) in [5, 5.41) is 0. The molecule has 0 heterocycles. The molecular weight excluding hydrogens is 216 g/mol. The number of para-hydroxylation sites is 1. The Bertz CT molecular complexity index is 232. The lowest BCUT2D eigenvalue weighted by atomic mass is 10.3. The molecule has 0 saturated carbocycles. The third-order valence-corrected chi connectivity index (χ3v) is 1.11. The number of rotatable bonds is 1. The second-order valence-corrected chi connectivity index (χ2v) is 1.87. The van der Waals surface area contributed by atoms with E-state index >= 15 is 0 Å². The van der Waals surface area contributed by atoms with Crippen LogP contribution in [0.2, 0.25) is 0 Å². The van der Waals surface area contributed by atoms with Gasteiger partial charge >= 0.3 is 6.16 Å². The Kier molecular flexibility index (Phi) is 24.5. The van der Waals surface area contributed by atoms with Gasteiger partial charge in [0.15, 0.2) is 0 Å². The highest BCUT2D eigenvalue weighted by atomic mass is 16.7. The maximum Gasteiger partial charge on any atom is 0.513 e. The summed E-state index contributed by atoms with van der Waals surface area (Å²) in [6, 6.07) is 8.74. The van der Waals surface area contributed by atoms with E-state index in [1.807, 2.05) is 47.6 Å². The molecule has 1 aromatic carbocycles. The Morgan fingerprint density at radius 1 is 0.882 bits per heavy atom. The summed E-state index contributed by atoms with van der Waals surface area (Å²) in [4.78, 5) is 10.5. The highest BCUT2D eigenvalue weighted by Gasteiger charge is 2.00. The van der Waals surface area contributed by atoms with Crippen LogP contribution in [-0.4, -0.2) is 13.3 Å². The zero-order valence-electron chi connectivity index (χ0n) is 12.1. The monoisotopic (exact) mass is 242 g/mol. The fourth-order valence-corrected chi connectivity index (χ4v) is 0.626. The van der Waals surface area contributed by atoms with Crippen LogP contribution in [0.1, 0.15) is 41.5 Å². The summed E-state index contributed by atoms with van der Waals surface area (Å²) in [5.74, 6) is 0.486. The van der Waals surface area contributed by atoms with Crippen LogP contribution in [0.3, 0.4) is 0 Å². The molecule has 0 N–H and O–H groups in total. The van der Waals surface area contributed by atoms with E-state index < -0.39 is 6.16 Å². The van der Waals surface area contributed by atoms with Crippen molar-refractivity contribution >= 4 is 6.16 Å². The molecule has 0 amide bonds. The van der Waals surface area contributed by atoms with Gasteiger partial charge in [0.1, 0.15) is 5.75 Å². The molecular formula is C14H26O3. The fraction of sp³-hybridized carbons (Fsp3) is 0.500. The van der Waals surface area contributed by atoms with Gasteiger partial charge in [-0.25, -0.2) is 4.79 Å². The van der Waals surface area contributed by atoms with Crippen LogP contribution in [0.5, 0.6) is 5.75 Å². The predicted molar refractivity (Wildman–Crippen MR) is 73.5 cm³/mol. The predicted octanol–water partition coefficient (Wildman–Crippen LogP) is 4.91. The smallest absolute Gasteiger partial charge is 0.437 e. The van der Waals surface area contributed by atoms with Crippen molar-refractivity contribution in [3.8, 4) is 5.75 Å². The maximum absolute atomic E-state index is 10.5. The first kappa shape index (κ1) is 20.8. The van der Waals surface area contributed by atoms with Gasteiger partial charge in [-0.3, -0.25) is 0 Å². The standard InChI is InChI=1S/C8H8O3.3C2H6/c1-10-8(9)11-7-5-3-2-4-6-7;3*1-2/h2-6H,1H3;3*1-2H3. The van der Waals surface area contributed by atoms with Gasteiger partial charge in [-0.2, -0.15) is 0 Å². The van der Waals surface area contributed by atoms with Crippen LogP contribution in [0.4, 0.5) is 4.79 Å². The number of hydrogen-bond donors (Lipinski definition) is 0. The molecule has 0 aliphatic carbocycles. The van der Waals surface area contributed by atoms with Crippen molar-refractivity contribution in [2.24, 2.45) is 0 Å². The highest BCUT2D eigenvalue weighted by molar-refractivity contribution is 5.63. The largest absolute Gasteiger partial charge is 0.513 e. The summed E-state index contributed by atoms with van der Waals surface area (Å²) in [7, 11) is 1.27. The summed E-state index contributed by atoms with van der Waals surface area (Å²) < 4.78 is 9.00. The molecule has 0 saturated heterocycles. The number of carbonyl (C=O) groups excluding carboxylic acids is 1. The Hall–Kier alpha value is -1.51. The van der Waals surface area contributed by atoms with Crippen molar-refractivity contribution in [2.45, 2.75) is 41.5 Å². The van der Waals surface area contributed by atoms with Gasteiger partial charge in [0.25, 0.3) is 0 Å². The van der Waals surface area contributed by atoms with Gasteiger partial charge in [0, 0.05) is 0 Å². The lowest BCUT2D eigenvalue weighted by Gasteiger charge is -1.99. The molecule has 0 aliphatic heterocycles. The first-order chi connectivity index (χ1) is 8.33. The van der Waals surface area contributed by atoms with Gasteiger partial charge in [0.2, 0.25) is 0 Å². The molecule has 0 radical (unpaired) electrons. The molecule has 0 spiro atoms. The molecule has 0 aromatic heterocycles. The van der Waals surface area contributed by atoms with Gasteiger partial charge in [0.05, 0.1) is 7.11 Å². The number of methoxy groups -OCH3 is 1. The second-order valence-electron chi connectivity index (χ2n) is 1.87. The molecule has 3 heteroatoms. The molecule has 3 nitrogen and oxygen atoms in total. The van der Waals surface area contributed by atoms with Crippen molar-refractivity contribution in [1.82, 2.24) is 0 Å². The van der Waals surface area contributed by atoms with Gasteiger partial charge in [-0.05, 0) is 12.1 Å². The van der Waals surface area contributed by atoms with E-state index in [9.17, 15) is 4.79 Å². The minimum Gasteiger partial charge on any atom is -0.437 e. The van der Waals surface area contributed by atoms with E-state index in [-0.39, 0.29) is 0 Å². The minimum atomic E-state index is -0.698. The van der Waals surface area contributed by atoms with Gasteiger partial charge in [-0.15, -0.1) is 0 Å². The van der Waals surface area contributed by atoms with E-state index in [4.69, 9.17) is 4.74 Å². The summed E-state index contributed by atoms with van der Waals surface area (Å²) in [5.41, 5.74) is 0. The Labute approximate surface area is 106 Å². The quantitative estimate of drug-likeness (QED) is 0.518. The van der Waals surface area contributed by atoms with Gasteiger partial charge < -0.3 is 9.47 Å². The van der Waals surface area contributed by atoms with E-state index in [1.54, 1.807) is 24.3 Å². The van der Waals surface area contributed by atoms with Crippen molar-refractivity contribution < 1.29 is 14.3 Å². The molecule has 1 aromatic rings. The third-order valence-electron chi connectivity index (χ3n) is 1.11. The molecule has 1 rings (SSSR count). The average Bonchev–Trinajstić information content (AvgIpc) is 2.46. The minimum absolute atomic E-state index is 0.486. The summed E-state index contributed by atoms with van der Waals surface area (Å²) in [6.07, 6.45) is -0.698. The van der Waals surface area contributed by atoms with Crippen molar-refractivity contribution in [3.63, 3.8) is 0 Å². The van der Waals surface area contributed by atoms with Crippen molar-refractivity contribution in [1.29, 1.82) is 0 Å². The lowest BCUT2D eigenvalue weighted by Crippen LogP contribution is -2.06. The fourth-order valence-electron chi connectivity index (χ4n) is 0.626. The molecule has 100 valence electrons. The Balaban J connectivity index is -0.000000285. The Morgan fingerprint density at radius 3 is 1.65 bits per heavy atom. The van der Waals surface area contributed by atoms with E-state index in [1.165, 1.54) is 7.11 Å². The van der Waals surface area contributed by atoms with Crippen LogP contribution in [0.15, 0.2) is 30.3 Å². The number of carbonyl (C=O) groups is 1. The van der Waals surface area contributed by atoms with Crippen molar-refractivity contribution in [3.05, 3.63) is 30.3 Å². The van der Waals surface area contributed by atoms with E-state index in [0.717, 1.165) is 0 Å². The normalized spacial score (nSPS) is 6.76. The third kappa shape index (κ3) is 14.5. The van der Waals surface area contributed by atoms with Crippen molar-refractivity contribution in [2.75, 3.05) is 7.11 Å². The molecule has 0 aliphatic rings. The van der Waals surface area contributed by atoms with Crippen LogP contribution in [0, 0.1) is 0 Å². The zero-order valence-corrected chi connectivity index (χ0v) is 12.1. The first-order valence-corrected chi connectivity index (χ1v) is 6.14. The molecule has 0 fully saturated rings.